The van der Waals surface area contributed by atoms with Crippen LogP contribution in [0.1, 0.15) is 71.6 Å². The first-order valence-electron chi connectivity index (χ1n) is 12.8. The molecule has 0 aromatic heterocycles. The molecule has 3 amide bonds. The third-order valence-electron chi connectivity index (χ3n) is 7.67. The molecular weight excluding hydrogens is 404 g/mol. The van der Waals surface area contributed by atoms with E-state index in [-0.39, 0.29) is 24.0 Å². The lowest BCUT2D eigenvalue weighted by Crippen LogP contribution is -2.71. The van der Waals surface area contributed by atoms with Crippen LogP contribution in [0.4, 0.5) is 4.79 Å². The molecule has 2 aliphatic carbocycles. The molecule has 0 aromatic carbocycles. The van der Waals surface area contributed by atoms with Crippen molar-refractivity contribution in [2.45, 2.75) is 90.0 Å². The Kier molecular flexibility index (Phi) is 9.34. The highest BCUT2D eigenvalue weighted by Gasteiger charge is 2.47. The lowest BCUT2D eigenvalue weighted by atomic mass is 9.81. The summed E-state index contributed by atoms with van der Waals surface area (Å²) in [5.41, 5.74) is 12.6. The Labute approximate surface area is 194 Å². The van der Waals surface area contributed by atoms with Gasteiger partial charge in [-0.05, 0) is 62.9 Å². The smallest absolute Gasteiger partial charge is 0.327 e. The molecule has 0 radical (unpaired) electrons. The van der Waals surface area contributed by atoms with Crippen molar-refractivity contribution in [1.29, 1.82) is 0 Å². The highest BCUT2D eigenvalue weighted by molar-refractivity contribution is 5.98. The number of hydrogen-bond donors (Lipinski definition) is 4. The quantitative estimate of drug-likeness (QED) is 0.400. The van der Waals surface area contributed by atoms with E-state index in [1.807, 2.05) is 0 Å². The minimum Gasteiger partial charge on any atom is -0.330 e. The number of carbonyl (C=O) groups is 2. The van der Waals surface area contributed by atoms with Crippen molar-refractivity contribution >= 4 is 11.9 Å². The topological polar surface area (TPSA) is 117 Å². The Morgan fingerprint density at radius 3 is 2.38 bits per heavy atom. The van der Waals surface area contributed by atoms with E-state index < -0.39 is 12.1 Å². The SMILES string of the molecule is CC(C)CN1C(=O)N(C)C(=O)C(C(NCC2CCCC(CN)C2)NC2CCCCC2)C1N. The Bertz CT molecular complexity index is 624. The Balaban J connectivity index is 1.76. The van der Waals surface area contributed by atoms with Gasteiger partial charge in [0.25, 0.3) is 0 Å². The zero-order chi connectivity index (χ0) is 23.3. The van der Waals surface area contributed by atoms with Crippen molar-refractivity contribution in [2.24, 2.45) is 35.1 Å². The third-order valence-corrected chi connectivity index (χ3v) is 7.67. The van der Waals surface area contributed by atoms with Crippen LogP contribution in [-0.2, 0) is 4.79 Å². The summed E-state index contributed by atoms with van der Waals surface area (Å²) in [5, 5.41) is 7.46. The maximum Gasteiger partial charge on any atom is 0.327 e. The standard InChI is InChI=1S/C24H46N6O2/c1-16(2)15-30-21(26)20(23(31)29(3)24(30)32)22(28-19-10-5-4-6-11-19)27-14-18-9-7-8-17(12-18)13-25/h16-22,27-28H,4-15,25-26H2,1-3H3. The number of imide groups is 1. The maximum absolute atomic E-state index is 13.3. The van der Waals surface area contributed by atoms with E-state index in [1.54, 1.807) is 11.9 Å². The monoisotopic (exact) mass is 450 g/mol. The second kappa shape index (κ2) is 11.8. The lowest BCUT2D eigenvalue weighted by molar-refractivity contribution is -0.139. The molecule has 8 heteroatoms. The van der Waals surface area contributed by atoms with Gasteiger partial charge in [0.2, 0.25) is 5.91 Å². The van der Waals surface area contributed by atoms with Crippen molar-refractivity contribution in [3.8, 4) is 0 Å². The molecule has 3 aliphatic rings. The molecular formula is C24H46N6O2. The van der Waals surface area contributed by atoms with E-state index in [4.69, 9.17) is 11.5 Å². The van der Waals surface area contributed by atoms with Crippen LogP contribution in [0, 0.1) is 23.7 Å². The number of hydrogen-bond acceptors (Lipinski definition) is 6. The number of nitrogens with two attached hydrogens (primary N) is 2. The molecule has 5 unspecified atom stereocenters. The van der Waals surface area contributed by atoms with Crippen LogP contribution in [0.25, 0.3) is 0 Å². The summed E-state index contributed by atoms with van der Waals surface area (Å²) in [4.78, 5) is 29.1. The molecule has 0 aromatic rings. The van der Waals surface area contributed by atoms with Crippen molar-refractivity contribution in [2.75, 3.05) is 26.7 Å². The fraction of sp³-hybridized carbons (Fsp3) is 0.917. The van der Waals surface area contributed by atoms with Crippen LogP contribution < -0.4 is 22.1 Å². The van der Waals surface area contributed by atoms with Crippen molar-refractivity contribution in [3.63, 3.8) is 0 Å². The molecule has 2 saturated carbocycles. The van der Waals surface area contributed by atoms with Gasteiger partial charge in [0.1, 0.15) is 5.92 Å². The number of carbonyl (C=O) groups excluding carboxylic acids is 2. The zero-order valence-electron chi connectivity index (χ0n) is 20.4. The van der Waals surface area contributed by atoms with E-state index in [2.05, 4.69) is 24.5 Å². The summed E-state index contributed by atoms with van der Waals surface area (Å²) in [5.74, 6) is 0.748. The Morgan fingerprint density at radius 1 is 1.03 bits per heavy atom. The predicted molar refractivity (Wildman–Crippen MR) is 127 cm³/mol. The highest BCUT2D eigenvalue weighted by Crippen LogP contribution is 2.29. The van der Waals surface area contributed by atoms with Gasteiger partial charge in [-0.1, -0.05) is 39.5 Å². The number of rotatable bonds is 9. The maximum atomic E-state index is 13.3. The minimum absolute atomic E-state index is 0.188. The van der Waals surface area contributed by atoms with Gasteiger partial charge in [-0.25, -0.2) is 4.79 Å². The summed E-state index contributed by atoms with van der Waals surface area (Å²) in [6, 6.07) is 0.0906. The van der Waals surface area contributed by atoms with Crippen molar-refractivity contribution < 1.29 is 9.59 Å². The van der Waals surface area contributed by atoms with Crippen LogP contribution in [0.3, 0.4) is 0 Å². The summed E-state index contributed by atoms with van der Waals surface area (Å²) < 4.78 is 0. The van der Waals surface area contributed by atoms with Gasteiger partial charge < -0.3 is 21.7 Å². The fourth-order valence-electron chi connectivity index (χ4n) is 5.82. The highest BCUT2D eigenvalue weighted by atomic mass is 16.2. The molecule has 5 atom stereocenters. The molecule has 32 heavy (non-hydrogen) atoms. The molecule has 3 rings (SSSR count). The second-order valence-corrected chi connectivity index (χ2v) is 10.8. The normalized spacial score (nSPS) is 31.4. The molecule has 6 N–H and O–H groups in total. The third kappa shape index (κ3) is 6.22. The molecule has 0 bridgehead atoms. The summed E-state index contributed by atoms with van der Waals surface area (Å²) in [6.07, 6.45) is 9.85. The van der Waals surface area contributed by atoms with Crippen molar-refractivity contribution in [1.82, 2.24) is 20.4 Å². The minimum atomic E-state index is -0.634. The van der Waals surface area contributed by atoms with Gasteiger partial charge in [0.05, 0.1) is 12.3 Å². The van der Waals surface area contributed by atoms with Gasteiger partial charge in [0.15, 0.2) is 0 Å². The van der Waals surface area contributed by atoms with Crippen LogP contribution in [0.2, 0.25) is 0 Å². The van der Waals surface area contributed by atoms with E-state index in [0.717, 1.165) is 32.4 Å². The summed E-state index contributed by atoms with van der Waals surface area (Å²) in [6.45, 7) is 6.28. The Morgan fingerprint density at radius 2 is 1.72 bits per heavy atom. The fourth-order valence-corrected chi connectivity index (χ4v) is 5.82. The summed E-state index contributed by atoms with van der Waals surface area (Å²) in [7, 11) is 1.58. The zero-order valence-corrected chi connectivity index (χ0v) is 20.4. The molecule has 1 aliphatic heterocycles. The molecule has 0 spiro atoms. The molecule has 8 nitrogen and oxygen atoms in total. The number of nitrogens with zero attached hydrogens (tertiary/aromatic N) is 2. The van der Waals surface area contributed by atoms with Crippen LogP contribution in [0.5, 0.6) is 0 Å². The van der Waals surface area contributed by atoms with Crippen LogP contribution in [-0.4, -0.2) is 66.8 Å². The number of urea groups is 1. The Hall–Kier alpha value is -1.22. The lowest BCUT2D eigenvalue weighted by Gasteiger charge is -2.46. The molecule has 1 saturated heterocycles. The first kappa shape index (κ1) is 25.4. The second-order valence-electron chi connectivity index (χ2n) is 10.8. The summed E-state index contributed by atoms with van der Waals surface area (Å²) >= 11 is 0. The van der Waals surface area contributed by atoms with Crippen LogP contribution in [0.15, 0.2) is 0 Å². The molecule has 3 fully saturated rings. The van der Waals surface area contributed by atoms with Gasteiger partial charge in [-0.3, -0.25) is 15.0 Å². The van der Waals surface area contributed by atoms with E-state index in [1.165, 1.54) is 43.4 Å². The number of nitrogens with one attached hydrogen (secondary N) is 2. The van der Waals surface area contributed by atoms with E-state index in [0.29, 0.717) is 24.4 Å². The van der Waals surface area contributed by atoms with E-state index in [9.17, 15) is 9.59 Å². The number of amides is 3. The first-order chi connectivity index (χ1) is 15.3. The van der Waals surface area contributed by atoms with Gasteiger partial charge in [0, 0.05) is 19.6 Å². The van der Waals surface area contributed by atoms with Crippen molar-refractivity contribution in [3.05, 3.63) is 0 Å². The van der Waals surface area contributed by atoms with Gasteiger partial charge in [-0.15, -0.1) is 0 Å². The molecule has 1 heterocycles. The van der Waals surface area contributed by atoms with Gasteiger partial charge >= 0.3 is 6.03 Å². The van der Waals surface area contributed by atoms with Gasteiger partial charge in [-0.2, -0.15) is 0 Å². The molecule has 184 valence electrons. The largest absolute Gasteiger partial charge is 0.330 e. The van der Waals surface area contributed by atoms with E-state index >= 15 is 0 Å². The first-order valence-corrected chi connectivity index (χ1v) is 12.8. The average molecular weight is 451 g/mol. The predicted octanol–water partition coefficient (Wildman–Crippen LogP) is 2.04. The van der Waals surface area contributed by atoms with Crippen LogP contribution >= 0.6 is 0 Å². The average Bonchev–Trinajstić information content (AvgIpc) is 2.79.